The van der Waals surface area contributed by atoms with Crippen molar-refractivity contribution in [1.29, 1.82) is 0 Å². The number of amides is 3. The zero-order valence-electron chi connectivity index (χ0n) is 15.8. The van der Waals surface area contributed by atoms with Crippen LogP contribution in [0.4, 0.5) is 13.2 Å². The second kappa shape index (κ2) is 9.11. The molecule has 31 heavy (non-hydrogen) atoms. The van der Waals surface area contributed by atoms with Crippen LogP contribution in [0, 0.1) is 0 Å². The molecule has 11 heteroatoms. The van der Waals surface area contributed by atoms with E-state index in [1.807, 2.05) is 30.3 Å². The third-order valence-corrected chi connectivity index (χ3v) is 4.09. The first-order valence-corrected chi connectivity index (χ1v) is 8.89. The molecule has 0 aliphatic carbocycles. The summed E-state index contributed by atoms with van der Waals surface area (Å²) in [5, 5.41) is 8.82. The highest BCUT2D eigenvalue weighted by Gasteiger charge is 2.30. The van der Waals surface area contributed by atoms with E-state index in [9.17, 15) is 27.6 Å². The van der Waals surface area contributed by atoms with E-state index in [1.54, 1.807) is 0 Å². The van der Waals surface area contributed by atoms with Crippen molar-refractivity contribution in [2.75, 3.05) is 6.54 Å². The minimum atomic E-state index is -4.51. The van der Waals surface area contributed by atoms with Gasteiger partial charge in [0.05, 0.1) is 17.8 Å². The van der Waals surface area contributed by atoms with Gasteiger partial charge in [0.15, 0.2) is 0 Å². The van der Waals surface area contributed by atoms with Crippen molar-refractivity contribution in [3.63, 3.8) is 0 Å². The molecule has 0 fully saturated rings. The van der Waals surface area contributed by atoms with Crippen molar-refractivity contribution < 1.29 is 27.6 Å². The van der Waals surface area contributed by atoms with E-state index in [0.29, 0.717) is 5.69 Å². The molecule has 160 valence electrons. The van der Waals surface area contributed by atoms with Crippen LogP contribution in [-0.4, -0.2) is 34.5 Å². The number of nitrogens with zero attached hydrogens (tertiary/aromatic N) is 1. The number of benzene rings is 2. The van der Waals surface area contributed by atoms with Gasteiger partial charge in [0.2, 0.25) is 0 Å². The summed E-state index contributed by atoms with van der Waals surface area (Å²) >= 11 is 0. The zero-order valence-corrected chi connectivity index (χ0v) is 15.8. The molecule has 2 aromatic carbocycles. The molecule has 0 bridgehead atoms. The molecule has 0 radical (unpaired) electrons. The maximum Gasteiger partial charge on any atom is 0.416 e. The monoisotopic (exact) mass is 431 g/mol. The van der Waals surface area contributed by atoms with Crippen LogP contribution >= 0.6 is 0 Å². The molecule has 3 amide bonds. The van der Waals surface area contributed by atoms with Gasteiger partial charge in [-0.05, 0) is 30.3 Å². The van der Waals surface area contributed by atoms with E-state index < -0.39 is 36.0 Å². The lowest BCUT2D eigenvalue weighted by Gasteiger charge is -2.09. The fourth-order valence-electron chi connectivity index (χ4n) is 2.51. The Morgan fingerprint density at radius 2 is 1.58 bits per heavy atom. The summed E-state index contributed by atoms with van der Waals surface area (Å²) in [5.74, 6) is -2.13. The number of rotatable bonds is 5. The van der Waals surface area contributed by atoms with Crippen LogP contribution in [0.5, 0.6) is 0 Å². The molecule has 0 saturated carbocycles. The molecule has 4 N–H and O–H groups in total. The Balaban J connectivity index is 1.46. The Bertz CT molecular complexity index is 1080. The van der Waals surface area contributed by atoms with Crippen LogP contribution in [0.15, 0.2) is 60.7 Å². The normalized spacial score (nSPS) is 10.9. The molecule has 1 aromatic heterocycles. The first-order valence-electron chi connectivity index (χ1n) is 8.89. The Labute approximate surface area is 173 Å². The van der Waals surface area contributed by atoms with Crippen LogP contribution in [0.2, 0.25) is 0 Å². The third-order valence-electron chi connectivity index (χ3n) is 4.09. The minimum Gasteiger partial charge on any atom is -0.343 e. The number of aromatic nitrogens is 2. The van der Waals surface area contributed by atoms with E-state index in [0.717, 1.165) is 29.8 Å². The maximum absolute atomic E-state index is 12.5. The summed E-state index contributed by atoms with van der Waals surface area (Å²) in [6, 6.07) is 14.2. The van der Waals surface area contributed by atoms with Gasteiger partial charge in [-0.25, -0.2) is 0 Å². The van der Waals surface area contributed by atoms with Crippen molar-refractivity contribution in [3.05, 3.63) is 77.5 Å². The number of hydrogen-bond acceptors (Lipinski definition) is 4. The van der Waals surface area contributed by atoms with Crippen LogP contribution in [0.1, 0.15) is 26.4 Å². The van der Waals surface area contributed by atoms with Gasteiger partial charge in [0.1, 0.15) is 5.69 Å². The number of nitrogens with one attached hydrogen (secondary N) is 4. The molecular formula is C20H16F3N5O3. The lowest BCUT2D eigenvalue weighted by atomic mass is 10.1. The molecule has 0 aliphatic heterocycles. The summed E-state index contributed by atoms with van der Waals surface area (Å²) < 4.78 is 37.6. The second-order valence-corrected chi connectivity index (χ2v) is 6.29. The Hall–Kier alpha value is -4.15. The zero-order chi connectivity index (χ0) is 22.4. The Morgan fingerprint density at radius 1 is 0.903 bits per heavy atom. The fourth-order valence-corrected chi connectivity index (χ4v) is 2.51. The summed E-state index contributed by atoms with van der Waals surface area (Å²) in [6.45, 7) is -0.502. The van der Waals surface area contributed by atoms with Crippen molar-refractivity contribution in [3.8, 4) is 11.3 Å². The molecule has 0 atom stereocenters. The number of carbonyl (C=O) groups excluding carboxylic acids is 3. The van der Waals surface area contributed by atoms with Gasteiger partial charge in [0, 0.05) is 11.1 Å². The maximum atomic E-state index is 12.5. The van der Waals surface area contributed by atoms with E-state index in [-0.39, 0.29) is 11.3 Å². The van der Waals surface area contributed by atoms with Gasteiger partial charge in [-0.15, -0.1) is 0 Å². The molecule has 8 nitrogen and oxygen atoms in total. The highest BCUT2D eigenvalue weighted by atomic mass is 19.4. The summed E-state index contributed by atoms with van der Waals surface area (Å²) in [6.07, 6.45) is -4.51. The van der Waals surface area contributed by atoms with Gasteiger partial charge < -0.3 is 5.32 Å². The van der Waals surface area contributed by atoms with E-state index >= 15 is 0 Å². The molecule has 0 saturated heterocycles. The number of halogens is 3. The predicted molar refractivity (Wildman–Crippen MR) is 103 cm³/mol. The number of alkyl halides is 3. The summed E-state index contributed by atoms with van der Waals surface area (Å²) in [4.78, 5) is 35.8. The standard InChI is InChI=1S/C20H16F3N5O3/c21-20(22,23)14-8-6-13(7-9-14)18(30)24-11-17(29)27-28-19(31)16-10-15(25-26-16)12-4-2-1-3-5-12/h1-10H,11H2,(H,24,30)(H,25,26)(H,27,29)(H,28,31). The van der Waals surface area contributed by atoms with E-state index in [2.05, 4.69) is 26.4 Å². The first kappa shape index (κ1) is 21.6. The minimum absolute atomic E-state index is 0.0456. The highest BCUT2D eigenvalue weighted by molar-refractivity contribution is 5.97. The van der Waals surface area contributed by atoms with Gasteiger partial charge in [-0.2, -0.15) is 18.3 Å². The molecule has 0 aliphatic rings. The number of carbonyl (C=O) groups is 3. The second-order valence-electron chi connectivity index (χ2n) is 6.29. The van der Waals surface area contributed by atoms with Gasteiger partial charge in [-0.1, -0.05) is 30.3 Å². The van der Waals surface area contributed by atoms with Crippen LogP contribution in [0.3, 0.4) is 0 Å². The Morgan fingerprint density at radius 3 is 2.23 bits per heavy atom. The topological polar surface area (TPSA) is 116 Å². The Kier molecular flexibility index (Phi) is 6.34. The number of aromatic amines is 1. The summed E-state index contributed by atoms with van der Waals surface area (Å²) in [7, 11) is 0. The van der Waals surface area contributed by atoms with Crippen LogP contribution in [0.25, 0.3) is 11.3 Å². The molecule has 1 heterocycles. The number of hydrazine groups is 1. The third kappa shape index (κ3) is 5.69. The van der Waals surface area contributed by atoms with Gasteiger partial charge in [0.25, 0.3) is 17.7 Å². The largest absolute Gasteiger partial charge is 0.416 e. The lowest BCUT2D eigenvalue weighted by molar-refractivity contribution is -0.137. The molecule has 0 spiro atoms. The average molecular weight is 431 g/mol. The lowest BCUT2D eigenvalue weighted by Crippen LogP contribution is -2.46. The smallest absolute Gasteiger partial charge is 0.343 e. The van der Waals surface area contributed by atoms with Crippen molar-refractivity contribution in [1.82, 2.24) is 26.4 Å². The van der Waals surface area contributed by atoms with Crippen LogP contribution < -0.4 is 16.2 Å². The van der Waals surface area contributed by atoms with E-state index in [1.165, 1.54) is 6.07 Å². The van der Waals surface area contributed by atoms with Crippen molar-refractivity contribution in [2.24, 2.45) is 0 Å². The molecular weight excluding hydrogens is 415 g/mol. The number of hydrogen-bond donors (Lipinski definition) is 4. The number of H-pyrrole nitrogens is 1. The molecule has 0 unspecified atom stereocenters. The van der Waals surface area contributed by atoms with Crippen LogP contribution in [-0.2, 0) is 11.0 Å². The molecule has 3 aromatic rings. The summed E-state index contributed by atoms with van der Waals surface area (Å²) in [5.41, 5.74) is 4.79. The van der Waals surface area contributed by atoms with Crippen molar-refractivity contribution >= 4 is 17.7 Å². The average Bonchev–Trinajstić information content (AvgIpc) is 3.26. The van der Waals surface area contributed by atoms with Gasteiger partial charge in [-0.3, -0.25) is 30.3 Å². The predicted octanol–water partition coefficient (Wildman–Crippen LogP) is 2.29. The molecule has 3 rings (SSSR count). The first-order chi connectivity index (χ1) is 14.7. The van der Waals surface area contributed by atoms with Crippen molar-refractivity contribution in [2.45, 2.75) is 6.18 Å². The van der Waals surface area contributed by atoms with Gasteiger partial charge >= 0.3 is 6.18 Å². The highest BCUT2D eigenvalue weighted by Crippen LogP contribution is 2.29. The quantitative estimate of drug-likeness (QED) is 0.464. The SMILES string of the molecule is O=C(CNC(=O)c1ccc(C(F)(F)F)cc1)NNC(=O)c1cc(-c2ccccc2)n[nH]1. The fraction of sp³-hybridized carbons (Fsp3) is 0.100. The van der Waals surface area contributed by atoms with E-state index in [4.69, 9.17) is 0 Å².